The van der Waals surface area contributed by atoms with E-state index in [1.54, 1.807) is 7.11 Å². The van der Waals surface area contributed by atoms with Gasteiger partial charge in [-0.3, -0.25) is 9.69 Å². The first-order valence-electron chi connectivity index (χ1n) is 6.79. The molecule has 1 aromatic carbocycles. The highest BCUT2D eigenvalue weighted by molar-refractivity contribution is 6.31. The van der Waals surface area contributed by atoms with Crippen LogP contribution in [0.25, 0.3) is 0 Å². The maximum absolute atomic E-state index is 11.1. The van der Waals surface area contributed by atoms with Crippen molar-refractivity contribution in [1.29, 1.82) is 0 Å². The number of likely N-dealkylation sites (tertiary alicyclic amines) is 1. The average molecular weight is 298 g/mol. The van der Waals surface area contributed by atoms with Gasteiger partial charge in [0.25, 0.3) is 0 Å². The van der Waals surface area contributed by atoms with Crippen LogP contribution < -0.4 is 4.74 Å². The standard InChI is InChI=1S/C15H20ClNO3/c1-10-6-14(20-2)12(7-13(10)16)9-17-5-3-4-11(8-17)15(18)19/h6-7,11H,3-5,8-9H2,1-2H3,(H,18,19). The van der Waals surface area contributed by atoms with E-state index in [0.29, 0.717) is 18.1 Å². The number of nitrogens with zero attached hydrogens (tertiary/aromatic N) is 1. The van der Waals surface area contributed by atoms with Gasteiger partial charge in [-0.15, -0.1) is 0 Å². The molecule has 1 aliphatic heterocycles. The average Bonchev–Trinajstić information content (AvgIpc) is 2.43. The second-order valence-corrected chi connectivity index (χ2v) is 5.73. The molecule has 0 radical (unpaired) electrons. The maximum Gasteiger partial charge on any atom is 0.307 e. The molecule has 1 heterocycles. The number of halogens is 1. The Kier molecular flexibility index (Phi) is 4.89. The van der Waals surface area contributed by atoms with Crippen LogP contribution in [0.3, 0.4) is 0 Å². The lowest BCUT2D eigenvalue weighted by Crippen LogP contribution is -2.38. The molecule has 110 valence electrons. The van der Waals surface area contributed by atoms with Crippen molar-refractivity contribution in [3.05, 3.63) is 28.3 Å². The highest BCUT2D eigenvalue weighted by atomic mass is 35.5. The van der Waals surface area contributed by atoms with Gasteiger partial charge in [-0.2, -0.15) is 0 Å². The van der Waals surface area contributed by atoms with Crippen LogP contribution in [0.1, 0.15) is 24.0 Å². The number of aliphatic carboxylic acids is 1. The molecule has 1 aliphatic rings. The second kappa shape index (κ2) is 6.46. The Labute approximate surface area is 124 Å². The van der Waals surface area contributed by atoms with E-state index in [2.05, 4.69) is 4.90 Å². The van der Waals surface area contributed by atoms with Crippen molar-refractivity contribution >= 4 is 17.6 Å². The highest BCUT2D eigenvalue weighted by Crippen LogP contribution is 2.29. The van der Waals surface area contributed by atoms with Crippen molar-refractivity contribution in [2.75, 3.05) is 20.2 Å². The monoisotopic (exact) mass is 297 g/mol. The molecule has 1 unspecified atom stereocenters. The van der Waals surface area contributed by atoms with Gasteiger partial charge in [-0.25, -0.2) is 0 Å². The first-order chi connectivity index (χ1) is 9.51. The summed E-state index contributed by atoms with van der Waals surface area (Å²) < 4.78 is 5.40. The molecule has 0 amide bonds. The zero-order valence-corrected chi connectivity index (χ0v) is 12.6. The van der Waals surface area contributed by atoms with Crippen LogP contribution in [-0.4, -0.2) is 36.2 Å². The molecule has 1 saturated heterocycles. The van der Waals surface area contributed by atoms with Crippen LogP contribution in [0.2, 0.25) is 5.02 Å². The largest absolute Gasteiger partial charge is 0.496 e. The number of carbonyl (C=O) groups is 1. The number of ether oxygens (including phenoxy) is 1. The van der Waals surface area contributed by atoms with Gasteiger partial charge in [0.1, 0.15) is 5.75 Å². The van der Waals surface area contributed by atoms with Crippen molar-refractivity contribution in [3.8, 4) is 5.75 Å². The lowest BCUT2D eigenvalue weighted by molar-refractivity contribution is -0.143. The summed E-state index contributed by atoms with van der Waals surface area (Å²) in [5.74, 6) is -0.163. The lowest BCUT2D eigenvalue weighted by Gasteiger charge is -2.31. The number of carboxylic acids is 1. The number of aryl methyl sites for hydroxylation is 1. The van der Waals surface area contributed by atoms with E-state index in [1.807, 2.05) is 19.1 Å². The predicted octanol–water partition coefficient (Wildman–Crippen LogP) is 2.95. The van der Waals surface area contributed by atoms with Gasteiger partial charge in [0.2, 0.25) is 0 Å². The fraction of sp³-hybridized carbons (Fsp3) is 0.533. The minimum atomic E-state index is -0.705. The second-order valence-electron chi connectivity index (χ2n) is 5.33. The highest BCUT2D eigenvalue weighted by Gasteiger charge is 2.25. The first kappa shape index (κ1) is 15.1. The molecule has 5 heteroatoms. The summed E-state index contributed by atoms with van der Waals surface area (Å²) in [6, 6.07) is 3.84. The molecule has 1 aromatic rings. The van der Waals surface area contributed by atoms with Gasteiger partial charge >= 0.3 is 5.97 Å². The Bertz CT molecular complexity index is 504. The molecule has 1 atom stereocenters. The van der Waals surface area contributed by atoms with Gasteiger partial charge in [0.15, 0.2) is 0 Å². The van der Waals surface area contributed by atoms with E-state index < -0.39 is 5.97 Å². The summed E-state index contributed by atoms with van der Waals surface area (Å²) in [4.78, 5) is 13.3. The Morgan fingerprint density at radius 2 is 2.30 bits per heavy atom. The third-order valence-electron chi connectivity index (χ3n) is 3.81. The van der Waals surface area contributed by atoms with E-state index in [4.69, 9.17) is 21.4 Å². The topological polar surface area (TPSA) is 49.8 Å². The van der Waals surface area contributed by atoms with Crippen LogP contribution in [0.5, 0.6) is 5.75 Å². The SMILES string of the molecule is COc1cc(C)c(Cl)cc1CN1CCCC(C(=O)O)C1. The Balaban J connectivity index is 2.13. The van der Waals surface area contributed by atoms with Crippen LogP contribution in [-0.2, 0) is 11.3 Å². The van der Waals surface area contributed by atoms with E-state index in [9.17, 15) is 4.79 Å². The van der Waals surface area contributed by atoms with Crippen molar-refractivity contribution in [3.63, 3.8) is 0 Å². The summed E-state index contributed by atoms with van der Waals surface area (Å²) in [5, 5.41) is 9.85. The van der Waals surface area contributed by atoms with Gasteiger partial charge < -0.3 is 9.84 Å². The Hall–Kier alpha value is -1.26. The number of rotatable bonds is 4. The quantitative estimate of drug-likeness (QED) is 0.928. The molecule has 20 heavy (non-hydrogen) atoms. The van der Waals surface area contributed by atoms with Gasteiger partial charge in [0.05, 0.1) is 13.0 Å². The number of benzene rings is 1. The molecule has 0 bridgehead atoms. The van der Waals surface area contributed by atoms with Crippen LogP contribution in [0.15, 0.2) is 12.1 Å². The zero-order chi connectivity index (χ0) is 14.7. The third kappa shape index (κ3) is 3.44. The third-order valence-corrected chi connectivity index (χ3v) is 4.22. The van der Waals surface area contributed by atoms with Crippen molar-refractivity contribution in [2.24, 2.45) is 5.92 Å². The molecular weight excluding hydrogens is 278 g/mol. The summed E-state index contributed by atoms with van der Waals surface area (Å²) in [6.07, 6.45) is 1.68. The van der Waals surface area contributed by atoms with Crippen LogP contribution in [0, 0.1) is 12.8 Å². The van der Waals surface area contributed by atoms with E-state index in [1.165, 1.54) is 0 Å². The number of carboxylic acid groups (broad SMARTS) is 1. The molecule has 2 rings (SSSR count). The van der Waals surface area contributed by atoms with Crippen molar-refractivity contribution in [2.45, 2.75) is 26.3 Å². The van der Waals surface area contributed by atoms with Gasteiger partial charge in [0, 0.05) is 23.7 Å². The summed E-state index contributed by atoms with van der Waals surface area (Å²) >= 11 is 6.17. The van der Waals surface area contributed by atoms with Crippen LogP contribution >= 0.6 is 11.6 Å². The fourth-order valence-electron chi connectivity index (χ4n) is 2.65. The molecule has 0 spiro atoms. The summed E-state index contributed by atoms with van der Waals surface area (Å²) in [5.41, 5.74) is 1.99. The molecular formula is C15H20ClNO3. The molecule has 0 aromatic heterocycles. The molecule has 4 nitrogen and oxygen atoms in total. The number of hydrogen-bond acceptors (Lipinski definition) is 3. The molecule has 1 fully saturated rings. The fourth-order valence-corrected chi connectivity index (χ4v) is 2.84. The predicted molar refractivity (Wildman–Crippen MR) is 78.4 cm³/mol. The Morgan fingerprint density at radius 1 is 1.55 bits per heavy atom. The molecule has 0 aliphatic carbocycles. The van der Waals surface area contributed by atoms with Gasteiger partial charge in [-0.1, -0.05) is 11.6 Å². The smallest absolute Gasteiger partial charge is 0.307 e. The summed E-state index contributed by atoms with van der Waals surface area (Å²) in [7, 11) is 1.64. The van der Waals surface area contributed by atoms with E-state index in [0.717, 1.165) is 36.3 Å². The minimum absolute atomic E-state index is 0.268. The normalized spacial score (nSPS) is 19.9. The first-order valence-corrected chi connectivity index (χ1v) is 7.17. The van der Waals surface area contributed by atoms with E-state index >= 15 is 0 Å². The van der Waals surface area contributed by atoms with Crippen LogP contribution in [0.4, 0.5) is 0 Å². The van der Waals surface area contributed by atoms with E-state index in [-0.39, 0.29) is 5.92 Å². The summed E-state index contributed by atoms with van der Waals surface area (Å²) in [6.45, 7) is 4.12. The lowest BCUT2D eigenvalue weighted by atomic mass is 9.97. The van der Waals surface area contributed by atoms with Crippen molar-refractivity contribution in [1.82, 2.24) is 4.90 Å². The zero-order valence-electron chi connectivity index (χ0n) is 11.9. The number of methoxy groups -OCH3 is 1. The number of piperidine rings is 1. The minimum Gasteiger partial charge on any atom is -0.496 e. The number of hydrogen-bond donors (Lipinski definition) is 1. The maximum atomic E-state index is 11.1. The van der Waals surface area contributed by atoms with Gasteiger partial charge in [-0.05, 0) is 44.0 Å². The van der Waals surface area contributed by atoms with Crippen molar-refractivity contribution < 1.29 is 14.6 Å². The molecule has 0 saturated carbocycles. The molecule has 1 N–H and O–H groups in total. The Morgan fingerprint density at radius 3 is 2.95 bits per heavy atom.